The predicted octanol–water partition coefficient (Wildman–Crippen LogP) is 2.46. The second kappa shape index (κ2) is 3.96. The monoisotopic (exact) mass is 197 g/mol. The van der Waals surface area contributed by atoms with Crippen LogP contribution in [0.4, 0.5) is 4.39 Å². The van der Waals surface area contributed by atoms with Gasteiger partial charge < -0.3 is 10.5 Å². The Kier molecular flexibility index (Phi) is 3.11. The zero-order chi connectivity index (χ0) is 10.8. The molecule has 0 amide bonds. The van der Waals surface area contributed by atoms with E-state index < -0.39 is 0 Å². The summed E-state index contributed by atoms with van der Waals surface area (Å²) in [5, 5.41) is 0. The van der Waals surface area contributed by atoms with Crippen molar-refractivity contribution < 1.29 is 9.13 Å². The Balaban J connectivity index is 2.99. The van der Waals surface area contributed by atoms with Crippen molar-refractivity contribution in [1.29, 1.82) is 0 Å². The number of rotatable bonds is 2. The van der Waals surface area contributed by atoms with Gasteiger partial charge in [-0.05, 0) is 26.8 Å². The summed E-state index contributed by atoms with van der Waals surface area (Å²) in [6.07, 6.45) is 0. The first-order valence-corrected chi connectivity index (χ1v) is 4.60. The SMILES string of the molecule is CC(C)(C)Oc1cc(F)ccc1CN. The van der Waals surface area contributed by atoms with E-state index >= 15 is 0 Å². The van der Waals surface area contributed by atoms with Crippen molar-refractivity contribution >= 4 is 0 Å². The molecule has 1 rings (SSSR count). The van der Waals surface area contributed by atoms with Gasteiger partial charge >= 0.3 is 0 Å². The number of hydrogen-bond acceptors (Lipinski definition) is 2. The van der Waals surface area contributed by atoms with E-state index in [4.69, 9.17) is 10.5 Å². The van der Waals surface area contributed by atoms with E-state index in [9.17, 15) is 4.39 Å². The van der Waals surface area contributed by atoms with E-state index in [1.807, 2.05) is 20.8 Å². The van der Waals surface area contributed by atoms with Crippen LogP contribution in [-0.4, -0.2) is 5.60 Å². The fourth-order valence-electron chi connectivity index (χ4n) is 1.12. The van der Waals surface area contributed by atoms with Crippen molar-refractivity contribution in [2.45, 2.75) is 32.9 Å². The van der Waals surface area contributed by atoms with Crippen LogP contribution in [0.15, 0.2) is 18.2 Å². The fourth-order valence-corrected chi connectivity index (χ4v) is 1.12. The molecule has 0 aliphatic heterocycles. The van der Waals surface area contributed by atoms with Gasteiger partial charge in [0, 0.05) is 18.2 Å². The highest BCUT2D eigenvalue weighted by molar-refractivity contribution is 5.34. The quantitative estimate of drug-likeness (QED) is 0.790. The first-order chi connectivity index (χ1) is 6.42. The Bertz CT molecular complexity index is 318. The van der Waals surface area contributed by atoms with Crippen LogP contribution in [0.3, 0.4) is 0 Å². The second-order valence-corrected chi connectivity index (χ2v) is 4.17. The van der Waals surface area contributed by atoms with Crippen molar-refractivity contribution in [2.75, 3.05) is 0 Å². The molecule has 0 spiro atoms. The number of ether oxygens (including phenoxy) is 1. The highest BCUT2D eigenvalue weighted by atomic mass is 19.1. The first-order valence-electron chi connectivity index (χ1n) is 4.60. The summed E-state index contributed by atoms with van der Waals surface area (Å²) in [5.74, 6) is 0.224. The highest BCUT2D eigenvalue weighted by Crippen LogP contribution is 2.23. The smallest absolute Gasteiger partial charge is 0.127 e. The Morgan fingerprint density at radius 2 is 2.00 bits per heavy atom. The molecular weight excluding hydrogens is 181 g/mol. The average Bonchev–Trinajstić information content (AvgIpc) is 2.01. The Hall–Kier alpha value is -1.09. The molecular formula is C11H16FNO. The number of benzene rings is 1. The molecule has 2 N–H and O–H groups in total. The van der Waals surface area contributed by atoms with Gasteiger partial charge in [-0.1, -0.05) is 6.07 Å². The predicted molar refractivity (Wildman–Crippen MR) is 54.7 cm³/mol. The molecule has 3 heteroatoms. The minimum absolute atomic E-state index is 0.304. The van der Waals surface area contributed by atoms with E-state index in [1.165, 1.54) is 12.1 Å². The lowest BCUT2D eigenvalue weighted by molar-refractivity contribution is 0.129. The van der Waals surface area contributed by atoms with E-state index in [0.29, 0.717) is 12.3 Å². The van der Waals surface area contributed by atoms with Gasteiger partial charge in [-0.2, -0.15) is 0 Å². The topological polar surface area (TPSA) is 35.2 Å². The second-order valence-electron chi connectivity index (χ2n) is 4.17. The van der Waals surface area contributed by atoms with Gasteiger partial charge in [0.1, 0.15) is 17.2 Å². The standard InChI is InChI=1S/C11H16FNO/c1-11(2,3)14-10-6-9(12)5-4-8(10)7-13/h4-6H,7,13H2,1-3H3. The Morgan fingerprint density at radius 1 is 1.36 bits per heavy atom. The lowest BCUT2D eigenvalue weighted by atomic mass is 10.1. The molecule has 0 aliphatic carbocycles. The summed E-state index contributed by atoms with van der Waals surface area (Å²) in [5.41, 5.74) is 6.00. The summed E-state index contributed by atoms with van der Waals surface area (Å²) in [6, 6.07) is 4.40. The third kappa shape index (κ3) is 3.00. The largest absolute Gasteiger partial charge is 0.488 e. The van der Waals surface area contributed by atoms with Crippen molar-refractivity contribution in [2.24, 2.45) is 5.73 Å². The maximum atomic E-state index is 12.9. The molecule has 0 bridgehead atoms. The molecule has 78 valence electrons. The molecule has 1 aromatic rings. The van der Waals surface area contributed by atoms with Crippen LogP contribution in [0.1, 0.15) is 26.3 Å². The van der Waals surface area contributed by atoms with Gasteiger partial charge in [-0.25, -0.2) is 4.39 Å². The van der Waals surface area contributed by atoms with Crippen LogP contribution in [-0.2, 0) is 6.54 Å². The summed E-state index contributed by atoms with van der Waals surface area (Å²) in [7, 11) is 0. The molecule has 0 atom stereocenters. The van der Waals surface area contributed by atoms with Gasteiger partial charge in [0.05, 0.1) is 0 Å². The van der Waals surface area contributed by atoms with E-state index in [-0.39, 0.29) is 11.4 Å². The zero-order valence-electron chi connectivity index (χ0n) is 8.80. The van der Waals surface area contributed by atoms with Crippen LogP contribution < -0.4 is 10.5 Å². The third-order valence-corrected chi connectivity index (χ3v) is 1.67. The van der Waals surface area contributed by atoms with Crippen molar-refractivity contribution in [3.05, 3.63) is 29.6 Å². The van der Waals surface area contributed by atoms with Crippen LogP contribution in [0, 0.1) is 5.82 Å². The van der Waals surface area contributed by atoms with Gasteiger partial charge in [0.2, 0.25) is 0 Å². The lowest BCUT2D eigenvalue weighted by Crippen LogP contribution is -2.24. The van der Waals surface area contributed by atoms with Crippen molar-refractivity contribution in [3.8, 4) is 5.75 Å². The molecule has 0 aliphatic rings. The minimum atomic E-state index is -0.336. The van der Waals surface area contributed by atoms with E-state index in [0.717, 1.165) is 5.56 Å². The zero-order valence-corrected chi connectivity index (χ0v) is 8.80. The summed E-state index contributed by atoms with van der Waals surface area (Å²) in [4.78, 5) is 0. The van der Waals surface area contributed by atoms with Crippen LogP contribution in [0.5, 0.6) is 5.75 Å². The summed E-state index contributed by atoms with van der Waals surface area (Å²) >= 11 is 0. The van der Waals surface area contributed by atoms with Crippen molar-refractivity contribution in [1.82, 2.24) is 0 Å². The molecule has 0 unspecified atom stereocenters. The maximum absolute atomic E-state index is 12.9. The van der Waals surface area contributed by atoms with Crippen LogP contribution in [0.25, 0.3) is 0 Å². The van der Waals surface area contributed by atoms with Gasteiger partial charge in [0.25, 0.3) is 0 Å². The third-order valence-electron chi connectivity index (χ3n) is 1.67. The first kappa shape index (κ1) is 11.0. The molecule has 0 fully saturated rings. The Morgan fingerprint density at radius 3 is 2.50 bits per heavy atom. The van der Waals surface area contributed by atoms with Crippen LogP contribution in [0.2, 0.25) is 0 Å². The summed E-state index contributed by atoms with van der Waals surface area (Å²) < 4.78 is 18.5. The van der Waals surface area contributed by atoms with E-state index in [2.05, 4.69) is 0 Å². The normalized spacial score (nSPS) is 11.5. The molecule has 0 radical (unpaired) electrons. The fraction of sp³-hybridized carbons (Fsp3) is 0.455. The number of halogens is 1. The Labute approximate surface area is 83.9 Å². The van der Waals surface area contributed by atoms with Gasteiger partial charge in [-0.15, -0.1) is 0 Å². The molecule has 2 nitrogen and oxygen atoms in total. The molecule has 0 saturated heterocycles. The molecule has 0 aromatic heterocycles. The average molecular weight is 197 g/mol. The van der Waals surface area contributed by atoms with Crippen molar-refractivity contribution in [3.63, 3.8) is 0 Å². The van der Waals surface area contributed by atoms with Gasteiger partial charge in [0.15, 0.2) is 0 Å². The number of nitrogens with two attached hydrogens (primary N) is 1. The maximum Gasteiger partial charge on any atom is 0.127 e. The van der Waals surface area contributed by atoms with E-state index in [1.54, 1.807) is 6.07 Å². The lowest BCUT2D eigenvalue weighted by Gasteiger charge is -2.23. The molecule has 0 saturated carbocycles. The molecule has 1 aromatic carbocycles. The molecule has 14 heavy (non-hydrogen) atoms. The highest BCUT2D eigenvalue weighted by Gasteiger charge is 2.14. The number of hydrogen-bond donors (Lipinski definition) is 1. The minimum Gasteiger partial charge on any atom is -0.488 e. The summed E-state index contributed by atoms with van der Waals surface area (Å²) in [6.45, 7) is 6.10. The van der Waals surface area contributed by atoms with Gasteiger partial charge in [-0.3, -0.25) is 0 Å². The van der Waals surface area contributed by atoms with Crippen LogP contribution >= 0.6 is 0 Å². The molecule has 0 heterocycles.